The summed E-state index contributed by atoms with van der Waals surface area (Å²) in [7, 11) is 0. The molecule has 2 aromatic heterocycles. The zero-order valence-electron chi connectivity index (χ0n) is 20.5. The second kappa shape index (κ2) is 10.9. The van der Waals surface area contributed by atoms with Crippen LogP contribution in [0.25, 0.3) is 22.2 Å². The molecule has 0 spiro atoms. The molecule has 1 aromatic carbocycles. The number of hydrogen-bond acceptors (Lipinski definition) is 5. The Morgan fingerprint density at radius 1 is 1.03 bits per heavy atom. The van der Waals surface area contributed by atoms with Crippen molar-refractivity contribution in [1.82, 2.24) is 19.4 Å². The molecule has 0 radical (unpaired) electrons. The lowest BCUT2D eigenvalue weighted by atomic mass is 9.93. The van der Waals surface area contributed by atoms with E-state index in [-0.39, 0.29) is 6.10 Å². The molecule has 1 saturated carbocycles. The van der Waals surface area contributed by atoms with Crippen molar-refractivity contribution in [3.05, 3.63) is 42.2 Å². The molecule has 3 aromatic rings. The predicted octanol–water partition coefficient (Wildman–Crippen LogP) is 5.77. The number of benzene rings is 1. The smallest absolute Gasteiger partial charge is 0.224 e. The van der Waals surface area contributed by atoms with E-state index >= 15 is 0 Å². The van der Waals surface area contributed by atoms with Gasteiger partial charge in [0.05, 0.1) is 6.10 Å². The van der Waals surface area contributed by atoms with Gasteiger partial charge in [-0.1, -0.05) is 44.0 Å². The van der Waals surface area contributed by atoms with E-state index in [9.17, 15) is 5.11 Å². The van der Waals surface area contributed by atoms with Gasteiger partial charge in [0.25, 0.3) is 0 Å². The van der Waals surface area contributed by atoms with Crippen LogP contribution in [0.5, 0.6) is 0 Å². The first-order valence-electron chi connectivity index (χ1n) is 13.3. The average molecular weight is 462 g/mol. The molecule has 182 valence electrons. The van der Waals surface area contributed by atoms with Crippen LogP contribution in [0.1, 0.15) is 76.3 Å². The number of likely N-dealkylation sites (tertiary alicyclic amines) is 1. The van der Waals surface area contributed by atoms with E-state index in [0.717, 1.165) is 62.6 Å². The Morgan fingerprint density at radius 2 is 1.79 bits per heavy atom. The Labute approximate surface area is 203 Å². The van der Waals surface area contributed by atoms with Crippen molar-refractivity contribution in [2.75, 3.05) is 25.0 Å². The summed E-state index contributed by atoms with van der Waals surface area (Å²) in [6.07, 6.45) is 14.1. The van der Waals surface area contributed by atoms with Crippen LogP contribution < -0.4 is 5.32 Å². The number of piperidine rings is 1. The average Bonchev–Trinajstić information content (AvgIpc) is 3.25. The summed E-state index contributed by atoms with van der Waals surface area (Å²) in [5.41, 5.74) is 4.81. The quantitative estimate of drug-likeness (QED) is 0.417. The summed E-state index contributed by atoms with van der Waals surface area (Å²) in [4.78, 5) is 12.2. The highest BCUT2D eigenvalue weighted by Crippen LogP contribution is 2.36. The zero-order valence-corrected chi connectivity index (χ0v) is 20.5. The van der Waals surface area contributed by atoms with E-state index in [1.807, 2.05) is 6.20 Å². The fourth-order valence-corrected chi connectivity index (χ4v) is 5.50. The first kappa shape index (κ1) is 23.3. The molecule has 2 fully saturated rings. The molecular weight excluding hydrogens is 422 g/mol. The number of aliphatic hydroxyl groups excluding tert-OH is 1. The third-order valence-corrected chi connectivity index (χ3v) is 7.56. The van der Waals surface area contributed by atoms with Crippen LogP contribution in [0.4, 0.5) is 5.95 Å². The molecule has 34 heavy (non-hydrogen) atoms. The second-order valence-electron chi connectivity index (χ2n) is 10.2. The third-order valence-electron chi connectivity index (χ3n) is 7.56. The molecule has 0 amide bonds. The van der Waals surface area contributed by atoms with Gasteiger partial charge in [-0.05, 0) is 69.2 Å². The Morgan fingerprint density at radius 3 is 2.53 bits per heavy atom. The minimum atomic E-state index is -0.161. The highest BCUT2D eigenvalue weighted by molar-refractivity contribution is 5.94. The number of aromatic nitrogens is 3. The summed E-state index contributed by atoms with van der Waals surface area (Å²) in [5.74, 6) is 0.708. The number of hydrogen-bond donors (Lipinski definition) is 2. The van der Waals surface area contributed by atoms with Gasteiger partial charge in [0.15, 0.2) is 0 Å². The summed E-state index contributed by atoms with van der Waals surface area (Å²) in [6, 6.07) is 9.46. The van der Waals surface area contributed by atoms with Crippen molar-refractivity contribution >= 4 is 17.0 Å². The lowest BCUT2D eigenvalue weighted by molar-refractivity contribution is 0.111. The van der Waals surface area contributed by atoms with Crippen molar-refractivity contribution < 1.29 is 5.11 Å². The lowest BCUT2D eigenvalue weighted by Crippen LogP contribution is -2.28. The number of unbranched alkanes of at least 4 members (excludes halogenated alkanes) is 1. The maximum absolute atomic E-state index is 10.0. The molecule has 6 nitrogen and oxygen atoms in total. The standard InChI is InChI=1S/C28H39N5O/c1-2-3-15-29-28-30-18-25-26(20-33(27(25)31-28)23-11-13-24(34)14-12-23)22-9-7-21(8-10-22)19-32-16-5-4-6-17-32/h7-10,18,20,23-24,34H,2-6,11-17,19H2,1H3,(H,29,30,31). The van der Waals surface area contributed by atoms with Crippen LogP contribution in [-0.4, -0.2) is 50.3 Å². The van der Waals surface area contributed by atoms with Gasteiger partial charge in [-0.25, -0.2) is 4.98 Å². The molecule has 6 heteroatoms. The summed E-state index contributed by atoms with van der Waals surface area (Å²) < 4.78 is 2.35. The highest BCUT2D eigenvalue weighted by atomic mass is 16.3. The normalized spacial score (nSPS) is 21.7. The van der Waals surface area contributed by atoms with E-state index in [4.69, 9.17) is 4.98 Å². The molecule has 1 aliphatic heterocycles. The SMILES string of the molecule is CCCCNc1ncc2c(-c3ccc(CN4CCCCC4)cc3)cn(C3CCC(O)CC3)c2n1. The molecule has 5 rings (SSSR count). The van der Waals surface area contributed by atoms with Gasteiger partial charge in [0.2, 0.25) is 5.95 Å². The summed E-state index contributed by atoms with van der Waals surface area (Å²) in [5, 5.41) is 14.5. The third kappa shape index (κ3) is 5.28. The molecule has 1 aliphatic carbocycles. The highest BCUT2D eigenvalue weighted by Gasteiger charge is 2.24. The first-order chi connectivity index (χ1) is 16.7. The van der Waals surface area contributed by atoms with E-state index in [2.05, 4.69) is 57.2 Å². The minimum absolute atomic E-state index is 0.161. The zero-order chi connectivity index (χ0) is 23.3. The topological polar surface area (TPSA) is 66.2 Å². The van der Waals surface area contributed by atoms with Crippen molar-refractivity contribution in [3.63, 3.8) is 0 Å². The fourth-order valence-electron chi connectivity index (χ4n) is 5.50. The van der Waals surface area contributed by atoms with Gasteiger partial charge in [-0.15, -0.1) is 0 Å². The number of anilines is 1. The summed E-state index contributed by atoms with van der Waals surface area (Å²) in [6.45, 7) is 6.57. The molecular formula is C28H39N5O. The van der Waals surface area contributed by atoms with Crippen LogP contribution in [-0.2, 0) is 6.54 Å². The van der Waals surface area contributed by atoms with Gasteiger partial charge in [0.1, 0.15) is 5.65 Å². The van der Waals surface area contributed by atoms with Crippen LogP contribution in [0.3, 0.4) is 0 Å². The monoisotopic (exact) mass is 461 g/mol. The number of rotatable bonds is 8. The largest absolute Gasteiger partial charge is 0.393 e. The number of nitrogens with zero attached hydrogens (tertiary/aromatic N) is 4. The molecule has 0 atom stereocenters. The molecule has 3 heterocycles. The van der Waals surface area contributed by atoms with E-state index in [0.29, 0.717) is 12.0 Å². The van der Waals surface area contributed by atoms with Crippen molar-refractivity contribution in [2.24, 2.45) is 0 Å². The van der Waals surface area contributed by atoms with Gasteiger partial charge >= 0.3 is 0 Å². The van der Waals surface area contributed by atoms with E-state index < -0.39 is 0 Å². The lowest BCUT2D eigenvalue weighted by Gasteiger charge is -2.27. The van der Waals surface area contributed by atoms with Crippen LogP contribution in [0, 0.1) is 0 Å². The van der Waals surface area contributed by atoms with Crippen LogP contribution >= 0.6 is 0 Å². The van der Waals surface area contributed by atoms with Gasteiger partial charge in [-0.2, -0.15) is 4.98 Å². The van der Waals surface area contributed by atoms with Gasteiger partial charge in [0, 0.05) is 42.5 Å². The Bertz CT molecular complexity index is 1060. The number of aliphatic hydroxyl groups is 1. The van der Waals surface area contributed by atoms with Gasteiger partial charge in [-0.3, -0.25) is 4.90 Å². The van der Waals surface area contributed by atoms with Crippen LogP contribution in [0.15, 0.2) is 36.7 Å². The van der Waals surface area contributed by atoms with Crippen molar-refractivity contribution in [2.45, 2.75) is 83.4 Å². The molecule has 0 unspecified atom stereocenters. The second-order valence-corrected chi connectivity index (χ2v) is 10.2. The molecule has 2 aliphatic rings. The fraction of sp³-hybridized carbons (Fsp3) is 0.571. The number of nitrogens with one attached hydrogen (secondary N) is 1. The predicted molar refractivity (Wildman–Crippen MR) is 139 cm³/mol. The summed E-state index contributed by atoms with van der Waals surface area (Å²) >= 11 is 0. The first-order valence-corrected chi connectivity index (χ1v) is 13.3. The maximum atomic E-state index is 10.0. The Kier molecular flexibility index (Phi) is 7.45. The Balaban J connectivity index is 1.43. The van der Waals surface area contributed by atoms with Crippen molar-refractivity contribution in [3.8, 4) is 11.1 Å². The van der Waals surface area contributed by atoms with Crippen molar-refractivity contribution in [1.29, 1.82) is 0 Å². The maximum Gasteiger partial charge on any atom is 0.224 e. The van der Waals surface area contributed by atoms with Crippen LogP contribution in [0.2, 0.25) is 0 Å². The molecule has 0 bridgehead atoms. The number of fused-ring (bicyclic) bond motifs is 1. The minimum Gasteiger partial charge on any atom is -0.393 e. The Hall–Kier alpha value is -2.44. The molecule has 1 saturated heterocycles. The van der Waals surface area contributed by atoms with E-state index in [1.165, 1.54) is 49.0 Å². The molecule has 2 N–H and O–H groups in total. The van der Waals surface area contributed by atoms with Gasteiger partial charge < -0.3 is 15.0 Å². The van der Waals surface area contributed by atoms with E-state index in [1.54, 1.807) is 0 Å².